The summed E-state index contributed by atoms with van der Waals surface area (Å²) >= 11 is 5.99. The van der Waals surface area contributed by atoms with E-state index in [1.807, 2.05) is 54.6 Å². The largest absolute Gasteiger partial charge is 0.353 e. The predicted octanol–water partition coefficient (Wildman–Crippen LogP) is 5.01. The van der Waals surface area contributed by atoms with Crippen LogP contribution >= 0.6 is 11.6 Å². The third-order valence-corrected chi connectivity index (χ3v) is 5.30. The van der Waals surface area contributed by atoms with Gasteiger partial charge in [0.25, 0.3) is 5.91 Å². The van der Waals surface area contributed by atoms with Gasteiger partial charge in [0.15, 0.2) is 0 Å². The lowest BCUT2D eigenvalue weighted by atomic mass is 10.1. The molecule has 1 aliphatic rings. The molecule has 0 aromatic heterocycles. The Hall–Kier alpha value is -3.11. The van der Waals surface area contributed by atoms with Gasteiger partial charge in [-0.25, -0.2) is 0 Å². The lowest BCUT2D eigenvalue weighted by Crippen LogP contribution is -2.31. The molecule has 3 aromatic rings. The third-order valence-electron chi connectivity index (χ3n) is 5.05. The molecule has 1 aliphatic carbocycles. The standard InChI is InChI=1S/C25H23ClN2O2/c26-21-11-9-20(10-12-21)25(30)28(17-18-5-2-1-3-6-18)23-8-4-7-19(15-23)16-24(29)27-22-13-14-22/h1-12,15,22H,13-14,16-17H2,(H,27,29). The Bertz CT molecular complexity index is 1030. The molecule has 152 valence electrons. The van der Waals surface area contributed by atoms with E-state index in [0.29, 0.717) is 29.6 Å². The maximum atomic E-state index is 13.4. The van der Waals surface area contributed by atoms with Crippen molar-refractivity contribution in [2.24, 2.45) is 0 Å². The van der Waals surface area contributed by atoms with Crippen LogP contribution in [0.1, 0.15) is 34.3 Å². The average Bonchev–Trinajstić information content (AvgIpc) is 3.57. The van der Waals surface area contributed by atoms with Crippen LogP contribution in [-0.2, 0) is 17.8 Å². The van der Waals surface area contributed by atoms with Gasteiger partial charge in [0.05, 0.1) is 13.0 Å². The molecule has 2 amide bonds. The normalized spacial score (nSPS) is 13.0. The molecular weight excluding hydrogens is 396 g/mol. The van der Waals surface area contributed by atoms with Crippen LogP contribution in [0.2, 0.25) is 5.02 Å². The first-order valence-electron chi connectivity index (χ1n) is 10.1. The highest BCUT2D eigenvalue weighted by Crippen LogP contribution is 2.23. The minimum Gasteiger partial charge on any atom is -0.353 e. The van der Waals surface area contributed by atoms with E-state index in [4.69, 9.17) is 11.6 Å². The Kier molecular flexibility index (Phi) is 6.15. The first-order valence-corrected chi connectivity index (χ1v) is 10.5. The van der Waals surface area contributed by atoms with E-state index in [9.17, 15) is 9.59 Å². The zero-order valence-corrected chi connectivity index (χ0v) is 17.3. The van der Waals surface area contributed by atoms with Gasteiger partial charge in [-0.2, -0.15) is 0 Å². The number of halogens is 1. The SMILES string of the molecule is O=C(Cc1cccc(N(Cc2ccccc2)C(=O)c2ccc(Cl)cc2)c1)NC1CC1. The molecule has 30 heavy (non-hydrogen) atoms. The van der Waals surface area contributed by atoms with Crippen molar-refractivity contribution >= 4 is 29.1 Å². The van der Waals surface area contributed by atoms with Crippen LogP contribution in [0.4, 0.5) is 5.69 Å². The molecule has 1 fully saturated rings. The van der Waals surface area contributed by atoms with Crippen LogP contribution < -0.4 is 10.2 Å². The van der Waals surface area contributed by atoms with Crippen LogP contribution in [0.3, 0.4) is 0 Å². The van der Waals surface area contributed by atoms with Gasteiger partial charge in [-0.05, 0) is 60.4 Å². The fraction of sp³-hybridized carbons (Fsp3) is 0.200. The lowest BCUT2D eigenvalue weighted by Gasteiger charge is -2.24. The van der Waals surface area contributed by atoms with Crippen molar-refractivity contribution in [2.75, 3.05) is 4.90 Å². The second kappa shape index (κ2) is 9.14. The molecule has 0 aliphatic heterocycles. The van der Waals surface area contributed by atoms with Crippen molar-refractivity contribution in [3.05, 3.63) is 101 Å². The number of anilines is 1. The zero-order valence-electron chi connectivity index (χ0n) is 16.6. The monoisotopic (exact) mass is 418 g/mol. The fourth-order valence-electron chi connectivity index (χ4n) is 3.32. The van der Waals surface area contributed by atoms with E-state index in [1.54, 1.807) is 29.2 Å². The molecule has 1 N–H and O–H groups in total. The summed E-state index contributed by atoms with van der Waals surface area (Å²) in [5.41, 5.74) is 3.23. The molecule has 0 atom stereocenters. The smallest absolute Gasteiger partial charge is 0.258 e. The van der Waals surface area contributed by atoms with E-state index in [1.165, 1.54) is 0 Å². The summed E-state index contributed by atoms with van der Waals surface area (Å²) in [7, 11) is 0. The molecule has 0 saturated heterocycles. The number of hydrogen-bond donors (Lipinski definition) is 1. The number of amides is 2. The Morgan fingerprint density at radius 1 is 0.900 bits per heavy atom. The van der Waals surface area contributed by atoms with E-state index in [-0.39, 0.29) is 11.8 Å². The number of rotatable bonds is 7. The third kappa shape index (κ3) is 5.28. The topological polar surface area (TPSA) is 49.4 Å². The van der Waals surface area contributed by atoms with Gasteiger partial charge >= 0.3 is 0 Å². The number of carbonyl (C=O) groups excluding carboxylic acids is 2. The molecule has 3 aromatic carbocycles. The molecule has 0 unspecified atom stereocenters. The first kappa shape index (κ1) is 20.2. The highest BCUT2D eigenvalue weighted by molar-refractivity contribution is 6.30. The number of nitrogens with one attached hydrogen (secondary N) is 1. The van der Waals surface area contributed by atoms with Crippen molar-refractivity contribution in [3.63, 3.8) is 0 Å². The Morgan fingerprint density at radius 2 is 1.60 bits per heavy atom. The van der Waals surface area contributed by atoms with E-state index >= 15 is 0 Å². The van der Waals surface area contributed by atoms with Crippen LogP contribution in [0.5, 0.6) is 0 Å². The van der Waals surface area contributed by atoms with E-state index in [2.05, 4.69) is 5.32 Å². The number of carbonyl (C=O) groups is 2. The van der Waals surface area contributed by atoms with Crippen molar-refractivity contribution in [1.82, 2.24) is 5.32 Å². The summed E-state index contributed by atoms with van der Waals surface area (Å²) in [5, 5.41) is 3.60. The molecule has 4 nitrogen and oxygen atoms in total. The van der Waals surface area contributed by atoms with E-state index in [0.717, 1.165) is 29.7 Å². The molecule has 0 bridgehead atoms. The molecule has 4 rings (SSSR count). The molecule has 5 heteroatoms. The summed E-state index contributed by atoms with van der Waals surface area (Å²) in [4.78, 5) is 27.3. The summed E-state index contributed by atoms with van der Waals surface area (Å²) < 4.78 is 0. The second-order valence-corrected chi connectivity index (χ2v) is 8.01. The van der Waals surface area contributed by atoms with Gasteiger partial charge in [-0.15, -0.1) is 0 Å². The number of nitrogens with zero attached hydrogens (tertiary/aromatic N) is 1. The van der Waals surface area contributed by atoms with Crippen LogP contribution in [0.25, 0.3) is 0 Å². The minimum atomic E-state index is -0.116. The van der Waals surface area contributed by atoms with Gasteiger partial charge < -0.3 is 10.2 Å². The Balaban J connectivity index is 1.61. The summed E-state index contributed by atoms with van der Waals surface area (Å²) in [5.74, 6) is -0.0941. The quantitative estimate of drug-likeness (QED) is 0.586. The molecule has 0 heterocycles. The zero-order chi connectivity index (χ0) is 20.9. The van der Waals surface area contributed by atoms with Crippen molar-refractivity contribution in [2.45, 2.75) is 31.8 Å². The van der Waals surface area contributed by atoms with Gasteiger partial charge in [-0.1, -0.05) is 54.1 Å². The fourth-order valence-corrected chi connectivity index (χ4v) is 3.45. The summed E-state index contributed by atoms with van der Waals surface area (Å²) in [6.07, 6.45) is 2.43. The van der Waals surface area contributed by atoms with Crippen molar-refractivity contribution in [3.8, 4) is 0 Å². The van der Waals surface area contributed by atoms with Crippen LogP contribution in [-0.4, -0.2) is 17.9 Å². The summed E-state index contributed by atoms with van der Waals surface area (Å²) in [6.45, 7) is 0.431. The summed E-state index contributed by atoms with van der Waals surface area (Å²) in [6, 6.07) is 24.7. The van der Waals surface area contributed by atoms with Gasteiger partial charge in [0, 0.05) is 22.3 Å². The number of hydrogen-bond acceptors (Lipinski definition) is 2. The van der Waals surface area contributed by atoms with Crippen LogP contribution in [0, 0.1) is 0 Å². The molecule has 1 saturated carbocycles. The van der Waals surface area contributed by atoms with Gasteiger partial charge in [-0.3, -0.25) is 9.59 Å². The molecular formula is C25H23ClN2O2. The second-order valence-electron chi connectivity index (χ2n) is 7.57. The molecule has 0 spiro atoms. The van der Waals surface area contributed by atoms with Gasteiger partial charge in [0.1, 0.15) is 0 Å². The molecule has 0 radical (unpaired) electrons. The Labute approximate surface area is 181 Å². The van der Waals surface area contributed by atoms with Crippen molar-refractivity contribution in [1.29, 1.82) is 0 Å². The van der Waals surface area contributed by atoms with Gasteiger partial charge in [0.2, 0.25) is 5.91 Å². The van der Waals surface area contributed by atoms with Crippen molar-refractivity contribution < 1.29 is 9.59 Å². The number of benzene rings is 3. The Morgan fingerprint density at radius 3 is 2.30 bits per heavy atom. The first-order chi connectivity index (χ1) is 14.6. The lowest BCUT2D eigenvalue weighted by molar-refractivity contribution is -0.120. The minimum absolute atomic E-state index is 0.0216. The predicted molar refractivity (Wildman–Crippen MR) is 120 cm³/mol. The highest BCUT2D eigenvalue weighted by atomic mass is 35.5. The maximum absolute atomic E-state index is 13.4. The van der Waals surface area contributed by atoms with E-state index < -0.39 is 0 Å². The van der Waals surface area contributed by atoms with Crippen LogP contribution in [0.15, 0.2) is 78.9 Å². The maximum Gasteiger partial charge on any atom is 0.258 e. The highest BCUT2D eigenvalue weighted by Gasteiger charge is 2.23. The average molecular weight is 419 g/mol.